The van der Waals surface area contributed by atoms with Crippen molar-refractivity contribution in [3.8, 4) is 5.75 Å². The molecular weight excluding hydrogens is 212 g/mol. The Kier molecular flexibility index (Phi) is 3.74. The molecule has 15 heavy (non-hydrogen) atoms. The summed E-state index contributed by atoms with van der Waals surface area (Å²) >= 11 is 0. The van der Waals surface area contributed by atoms with Crippen LogP contribution in [0.25, 0.3) is 0 Å². The SMILES string of the molecule is CCCOc1ccc(C)cc1S(C)(=O)=O. The Labute approximate surface area is 91.0 Å². The van der Waals surface area contributed by atoms with Crippen LogP contribution in [0.2, 0.25) is 0 Å². The highest BCUT2D eigenvalue weighted by Gasteiger charge is 2.14. The molecule has 84 valence electrons. The zero-order valence-electron chi connectivity index (χ0n) is 9.28. The summed E-state index contributed by atoms with van der Waals surface area (Å²) < 4.78 is 28.4. The van der Waals surface area contributed by atoms with Gasteiger partial charge in [0.15, 0.2) is 9.84 Å². The lowest BCUT2D eigenvalue weighted by Crippen LogP contribution is -2.04. The van der Waals surface area contributed by atoms with Gasteiger partial charge < -0.3 is 4.74 Å². The van der Waals surface area contributed by atoms with E-state index in [1.165, 1.54) is 6.26 Å². The largest absolute Gasteiger partial charge is 0.492 e. The standard InChI is InChI=1S/C11H16O3S/c1-4-7-14-10-6-5-9(2)8-11(10)15(3,12)13/h5-6,8H,4,7H2,1-3H3. The predicted octanol–water partition coefficient (Wildman–Crippen LogP) is 2.19. The van der Waals surface area contributed by atoms with E-state index in [-0.39, 0.29) is 4.90 Å². The molecule has 0 fully saturated rings. The third-order valence-corrected chi connectivity index (χ3v) is 3.08. The number of sulfone groups is 1. The first-order valence-corrected chi connectivity index (χ1v) is 6.78. The minimum atomic E-state index is -3.21. The van der Waals surface area contributed by atoms with Gasteiger partial charge in [0, 0.05) is 6.26 Å². The van der Waals surface area contributed by atoms with E-state index in [0.717, 1.165) is 12.0 Å². The van der Waals surface area contributed by atoms with Crippen molar-refractivity contribution < 1.29 is 13.2 Å². The van der Waals surface area contributed by atoms with E-state index < -0.39 is 9.84 Å². The fourth-order valence-corrected chi connectivity index (χ4v) is 2.13. The van der Waals surface area contributed by atoms with Gasteiger partial charge in [-0.15, -0.1) is 0 Å². The first kappa shape index (κ1) is 12.0. The van der Waals surface area contributed by atoms with Crippen molar-refractivity contribution >= 4 is 9.84 Å². The zero-order chi connectivity index (χ0) is 11.5. The molecule has 0 atom stereocenters. The van der Waals surface area contributed by atoms with Gasteiger partial charge in [0.25, 0.3) is 0 Å². The normalized spacial score (nSPS) is 11.4. The molecule has 3 nitrogen and oxygen atoms in total. The Morgan fingerprint density at radius 1 is 1.33 bits per heavy atom. The van der Waals surface area contributed by atoms with Crippen LogP contribution in [0.3, 0.4) is 0 Å². The van der Waals surface area contributed by atoms with Crippen molar-refractivity contribution in [2.24, 2.45) is 0 Å². The Morgan fingerprint density at radius 3 is 2.53 bits per heavy atom. The summed E-state index contributed by atoms with van der Waals surface area (Å²) in [5.41, 5.74) is 0.916. The second kappa shape index (κ2) is 4.66. The third kappa shape index (κ3) is 3.23. The number of benzene rings is 1. The number of aryl methyl sites for hydroxylation is 1. The number of hydrogen-bond donors (Lipinski definition) is 0. The molecule has 1 rings (SSSR count). The van der Waals surface area contributed by atoms with Gasteiger partial charge in [0.2, 0.25) is 0 Å². The van der Waals surface area contributed by atoms with E-state index in [4.69, 9.17) is 4.74 Å². The maximum atomic E-state index is 11.5. The zero-order valence-corrected chi connectivity index (χ0v) is 10.1. The van der Waals surface area contributed by atoms with Gasteiger partial charge in [0.1, 0.15) is 10.6 Å². The van der Waals surface area contributed by atoms with Crippen molar-refractivity contribution in [3.63, 3.8) is 0 Å². The molecule has 0 aliphatic carbocycles. The minimum absolute atomic E-state index is 0.274. The van der Waals surface area contributed by atoms with Crippen LogP contribution in [0.1, 0.15) is 18.9 Å². The monoisotopic (exact) mass is 228 g/mol. The molecule has 0 bridgehead atoms. The lowest BCUT2D eigenvalue weighted by Gasteiger charge is -2.10. The van der Waals surface area contributed by atoms with Crippen molar-refractivity contribution in [2.75, 3.05) is 12.9 Å². The molecule has 0 aliphatic rings. The molecule has 0 saturated carbocycles. The third-order valence-electron chi connectivity index (χ3n) is 1.96. The van der Waals surface area contributed by atoms with Crippen LogP contribution >= 0.6 is 0 Å². The fourth-order valence-electron chi connectivity index (χ4n) is 1.24. The highest BCUT2D eigenvalue weighted by Crippen LogP contribution is 2.24. The minimum Gasteiger partial charge on any atom is -0.492 e. The molecule has 4 heteroatoms. The van der Waals surface area contributed by atoms with Crippen LogP contribution in [0.4, 0.5) is 0 Å². The molecule has 0 saturated heterocycles. The first-order valence-electron chi connectivity index (χ1n) is 4.88. The Balaban J connectivity index is 3.15. The van der Waals surface area contributed by atoms with Crippen LogP contribution in [-0.4, -0.2) is 21.3 Å². The van der Waals surface area contributed by atoms with Crippen molar-refractivity contribution in [2.45, 2.75) is 25.2 Å². The Morgan fingerprint density at radius 2 is 2.00 bits per heavy atom. The lowest BCUT2D eigenvalue weighted by atomic mass is 10.2. The molecule has 0 spiro atoms. The molecule has 0 aliphatic heterocycles. The van der Waals surface area contributed by atoms with Gasteiger partial charge in [-0.3, -0.25) is 0 Å². The molecule has 1 aromatic rings. The highest BCUT2D eigenvalue weighted by atomic mass is 32.2. The Hall–Kier alpha value is -1.03. The average molecular weight is 228 g/mol. The number of hydrogen-bond acceptors (Lipinski definition) is 3. The maximum Gasteiger partial charge on any atom is 0.179 e. The average Bonchev–Trinajstić information content (AvgIpc) is 2.14. The summed E-state index contributed by atoms with van der Waals surface area (Å²) in [6.07, 6.45) is 2.05. The smallest absolute Gasteiger partial charge is 0.179 e. The topological polar surface area (TPSA) is 43.4 Å². The number of ether oxygens (including phenoxy) is 1. The van der Waals surface area contributed by atoms with Gasteiger partial charge in [-0.05, 0) is 31.0 Å². The van der Waals surface area contributed by atoms with Crippen molar-refractivity contribution in [1.82, 2.24) is 0 Å². The predicted molar refractivity (Wildman–Crippen MR) is 60.1 cm³/mol. The van der Waals surface area contributed by atoms with E-state index in [0.29, 0.717) is 12.4 Å². The second-order valence-electron chi connectivity index (χ2n) is 3.57. The van der Waals surface area contributed by atoms with Crippen LogP contribution in [0, 0.1) is 6.92 Å². The summed E-state index contributed by atoms with van der Waals surface area (Å²) in [5.74, 6) is 0.449. The number of rotatable bonds is 4. The van der Waals surface area contributed by atoms with E-state index in [1.807, 2.05) is 19.9 Å². The Bertz CT molecular complexity index is 435. The van der Waals surface area contributed by atoms with E-state index in [9.17, 15) is 8.42 Å². The lowest BCUT2D eigenvalue weighted by molar-refractivity contribution is 0.309. The summed E-state index contributed by atoms with van der Waals surface area (Å²) in [5, 5.41) is 0. The van der Waals surface area contributed by atoms with E-state index >= 15 is 0 Å². The molecular formula is C11H16O3S. The van der Waals surface area contributed by atoms with Gasteiger partial charge >= 0.3 is 0 Å². The fraction of sp³-hybridized carbons (Fsp3) is 0.455. The van der Waals surface area contributed by atoms with E-state index in [2.05, 4.69) is 0 Å². The van der Waals surface area contributed by atoms with Crippen LogP contribution in [-0.2, 0) is 9.84 Å². The molecule has 0 unspecified atom stereocenters. The van der Waals surface area contributed by atoms with Gasteiger partial charge in [-0.2, -0.15) is 0 Å². The van der Waals surface area contributed by atoms with Crippen LogP contribution in [0.15, 0.2) is 23.1 Å². The second-order valence-corrected chi connectivity index (χ2v) is 5.55. The molecule has 0 aromatic heterocycles. The summed E-state index contributed by atoms with van der Waals surface area (Å²) in [6, 6.07) is 5.20. The van der Waals surface area contributed by atoms with Crippen molar-refractivity contribution in [1.29, 1.82) is 0 Å². The maximum absolute atomic E-state index is 11.5. The molecule has 0 N–H and O–H groups in total. The molecule has 0 heterocycles. The molecule has 0 amide bonds. The quantitative estimate of drug-likeness (QED) is 0.793. The van der Waals surface area contributed by atoms with E-state index in [1.54, 1.807) is 12.1 Å². The van der Waals surface area contributed by atoms with Crippen LogP contribution < -0.4 is 4.74 Å². The van der Waals surface area contributed by atoms with Gasteiger partial charge in [-0.1, -0.05) is 13.0 Å². The summed E-state index contributed by atoms with van der Waals surface area (Å²) in [6.45, 7) is 4.37. The molecule has 0 radical (unpaired) electrons. The van der Waals surface area contributed by atoms with Gasteiger partial charge in [0.05, 0.1) is 6.61 Å². The molecule has 1 aromatic carbocycles. The first-order chi connectivity index (χ1) is 6.95. The van der Waals surface area contributed by atoms with Gasteiger partial charge in [-0.25, -0.2) is 8.42 Å². The van der Waals surface area contributed by atoms with Crippen molar-refractivity contribution in [3.05, 3.63) is 23.8 Å². The summed E-state index contributed by atoms with van der Waals surface area (Å²) in [4.78, 5) is 0.274. The highest BCUT2D eigenvalue weighted by molar-refractivity contribution is 7.90. The summed E-state index contributed by atoms with van der Waals surface area (Å²) in [7, 11) is -3.21. The van der Waals surface area contributed by atoms with Crippen LogP contribution in [0.5, 0.6) is 5.75 Å².